The molecule has 150 valence electrons. The molecule has 0 radical (unpaired) electrons. The van der Waals surface area contributed by atoms with Crippen molar-refractivity contribution in [2.24, 2.45) is 0 Å². The monoisotopic (exact) mass is 391 g/mol. The normalized spacial score (nSPS) is 17.0. The second-order valence-electron chi connectivity index (χ2n) is 7.15. The van der Waals surface area contributed by atoms with Crippen LogP contribution in [0, 0.1) is 0 Å². The van der Waals surface area contributed by atoms with E-state index in [-0.39, 0.29) is 11.8 Å². The SMILES string of the molecule is CCN(CC)CCNC(=O)c1ccc2c(c1)COC2=C1C(=O)Nc2ccccc21. The van der Waals surface area contributed by atoms with E-state index in [1.807, 2.05) is 36.4 Å². The molecular formula is C23H25N3O3. The topological polar surface area (TPSA) is 70.7 Å². The first kappa shape index (κ1) is 19.2. The summed E-state index contributed by atoms with van der Waals surface area (Å²) < 4.78 is 5.89. The van der Waals surface area contributed by atoms with Gasteiger partial charge in [0.2, 0.25) is 0 Å². The molecule has 2 N–H and O–H groups in total. The molecule has 0 aliphatic carbocycles. The molecule has 0 saturated carbocycles. The lowest BCUT2D eigenvalue weighted by Gasteiger charge is -2.18. The Kier molecular flexibility index (Phi) is 5.36. The minimum atomic E-state index is -0.160. The van der Waals surface area contributed by atoms with Crippen molar-refractivity contribution in [1.29, 1.82) is 0 Å². The van der Waals surface area contributed by atoms with Crippen LogP contribution in [-0.4, -0.2) is 42.9 Å². The Balaban J connectivity index is 1.54. The molecular weight excluding hydrogens is 366 g/mol. The van der Waals surface area contributed by atoms with Crippen LogP contribution in [0.1, 0.15) is 40.9 Å². The minimum absolute atomic E-state index is 0.0926. The predicted octanol–water partition coefficient (Wildman–Crippen LogP) is 3.11. The summed E-state index contributed by atoms with van der Waals surface area (Å²) in [5, 5.41) is 5.86. The van der Waals surface area contributed by atoms with E-state index in [1.165, 1.54) is 0 Å². The maximum Gasteiger partial charge on any atom is 0.260 e. The van der Waals surface area contributed by atoms with Crippen molar-refractivity contribution >= 4 is 28.8 Å². The van der Waals surface area contributed by atoms with Crippen molar-refractivity contribution in [3.8, 4) is 0 Å². The van der Waals surface area contributed by atoms with Gasteiger partial charge in [-0.15, -0.1) is 0 Å². The molecule has 2 aliphatic heterocycles. The maximum atomic E-state index is 12.5. The van der Waals surface area contributed by atoms with Gasteiger partial charge >= 0.3 is 0 Å². The summed E-state index contributed by atoms with van der Waals surface area (Å²) in [6.45, 7) is 7.96. The van der Waals surface area contributed by atoms with E-state index in [2.05, 4.69) is 29.4 Å². The zero-order valence-electron chi connectivity index (χ0n) is 16.7. The smallest absolute Gasteiger partial charge is 0.260 e. The summed E-state index contributed by atoms with van der Waals surface area (Å²) in [6, 6.07) is 13.1. The van der Waals surface area contributed by atoms with Gasteiger partial charge in [0.15, 0.2) is 0 Å². The van der Waals surface area contributed by atoms with Crippen molar-refractivity contribution in [2.45, 2.75) is 20.5 Å². The van der Waals surface area contributed by atoms with Gasteiger partial charge in [0, 0.05) is 41.0 Å². The van der Waals surface area contributed by atoms with Crippen LogP contribution < -0.4 is 10.6 Å². The molecule has 0 aromatic heterocycles. The lowest BCUT2D eigenvalue weighted by Crippen LogP contribution is -2.34. The van der Waals surface area contributed by atoms with Gasteiger partial charge in [-0.2, -0.15) is 0 Å². The van der Waals surface area contributed by atoms with E-state index in [9.17, 15) is 9.59 Å². The van der Waals surface area contributed by atoms with Crippen molar-refractivity contribution in [3.63, 3.8) is 0 Å². The van der Waals surface area contributed by atoms with E-state index < -0.39 is 0 Å². The highest BCUT2D eigenvalue weighted by molar-refractivity contribution is 6.36. The number of anilines is 1. The van der Waals surface area contributed by atoms with Gasteiger partial charge in [0.1, 0.15) is 12.4 Å². The molecule has 0 atom stereocenters. The van der Waals surface area contributed by atoms with E-state index >= 15 is 0 Å². The van der Waals surface area contributed by atoms with Crippen LogP contribution in [0.25, 0.3) is 11.3 Å². The fourth-order valence-corrected chi connectivity index (χ4v) is 3.82. The fraction of sp³-hybridized carbons (Fsp3) is 0.304. The van der Waals surface area contributed by atoms with Gasteiger partial charge in [-0.1, -0.05) is 38.1 Å². The van der Waals surface area contributed by atoms with E-state index in [0.717, 1.165) is 42.0 Å². The molecule has 4 rings (SSSR count). The molecule has 0 spiro atoms. The van der Waals surface area contributed by atoms with Crippen molar-refractivity contribution in [3.05, 3.63) is 64.7 Å². The number of likely N-dealkylation sites (N-methyl/N-ethyl adjacent to an activating group) is 1. The van der Waals surface area contributed by atoms with E-state index in [0.29, 0.717) is 30.0 Å². The fourth-order valence-electron chi connectivity index (χ4n) is 3.82. The van der Waals surface area contributed by atoms with Gasteiger partial charge in [0.25, 0.3) is 11.8 Å². The third-order valence-corrected chi connectivity index (χ3v) is 5.49. The van der Waals surface area contributed by atoms with Gasteiger partial charge in [0.05, 0.1) is 5.57 Å². The average Bonchev–Trinajstić information content (AvgIpc) is 3.30. The first-order chi connectivity index (χ1) is 14.1. The number of nitrogens with zero attached hydrogens (tertiary/aromatic N) is 1. The number of para-hydroxylation sites is 1. The quantitative estimate of drug-likeness (QED) is 0.743. The average molecular weight is 391 g/mol. The molecule has 0 saturated heterocycles. The number of rotatable bonds is 6. The molecule has 29 heavy (non-hydrogen) atoms. The molecule has 0 bridgehead atoms. The van der Waals surface area contributed by atoms with Crippen LogP contribution in [0.5, 0.6) is 0 Å². The Morgan fingerprint density at radius 1 is 1.14 bits per heavy atom. The van der Waals surface area contributed by atoms with Crippen LogP contribution in [0.15, 0.2) is 42.5 Å². The lowest BCUT2D eigenvalue weighted by atomic mass is 9.99. The summed E-state index contributed by atoms with van der Waals surface area (Å²) >= 11 is 0. The molecule has 2 aliphatic rings. The predicted molar refractivity (Wildman–Crippen MR) is 113 cm³/mol. The number of hydrogen-bond acceptors (Lipinski definition) is 4. The van der Waals surface area contributed by atoms with Gasteiger partial charge in [-0.25, -0.2) is 0 Å². The summed E-state index contributed by atoms with van der Waals surface area (Å²) in [4.78, 5) is 27.3. The first-order valence-electron chi connectivity index (χ1n) is 10.0. The Labute approximate surface area is 170 Å². The van der Waals surface area contributed by atoms with E-state index in [4.69, 9.17) is 4.74 Å². The van der Waals surface area contributed by atoms with Gasteiger partial charge in [-0.05, 0) is 31.3 Å². The van der Waals surface area contributed by atoms with Crippen molar-refractivity contribution in [1.82, 2.24) is 10.2 Å². The molecule has 0 fully saturated rings. The first-order valence-corrected chi connectivity index (χ1v) is 10.0. The number of benzene rings is 2. The van der Waals surface area contributed by atoms with E-state index in [1.54, 1.807) is 6.07 Å². The van der Waals surface area contributed by atoms with Crippen LogP contribution in [0.3, 0.4) is 0 Å². The van der Waals surface area contributed by atoms with Crippen LogP contribution >= 0.6 is 0 Å². The second-order valence-corrected chi connectivity index (χ2v) is 7.15. The number of fused-ring (bicyclic) bond motifs is 2. The molecule has 2 amide bonds. The zero-order valence-corrected chi connectivity index (χ0v) is 16.7. The Hall–Kier alpha value is -3.12. The number of nitrogens with one attached hydrogen (secondary N) is 2. The molecule has 2 aromatic carbocycles. The largest absolute Gasteiger partial charge is 0.487 e. The lowest BCUT2D eigenvalue weighted by molar-refractivity contribution is -0.110. The van der Waals surface area contributed by atoms with Gasteiger partial charge in [-0.3, -0.25) is 9.59 Å². The second kappa shape index (κ2) is 8.09. The highest BCUT2D eigenvalue weighted by Crippen LogP contribution is 2.41. The molecule has 2 heterocycles. The van der Waals surface area contributed by atoms with Crippen molar-refractivity contribution < 1.29 is 14.3 Å². The highest BCUT2D eigenvalue weighted by Gasteiger charge is 2.32. The molecule has 6 heteroatoms. The standard InChI is InChI=1S/C23H25N3O3/c1-3-26(4-2)12-11-24-22(27)15-9-10-17-16(13-15)14-29-21(17)20-18-7-5-6-8-19(18)25-23(20)28/h5-10,13H,3-4,11-12,14H2,1-2H3,(H,24,27)(H,25,28). The Morgan fingerprint density at radius 2 is 1.93 bits per heavy atom. The third-order valence-electron chi connectivity index (χ3n) is 5.49. The Morgan fingerprint density at radius 3 is 2.72 bits per heavy atom. The molecule has 0 unspecified atom stereocenters. The number of carbonyl (C=O) groups excluding carboxylic acids is 2. The summed E-state index contributed by atoms with van der Waals surface area (Å²) in [6.07, 6.45) is 0. The third kappa shape index (κ3) is 3.63. The summed E-state index contributed by atoms with van der Waals surface area (Å²) in [5.74, 6) is 0.327. The molecule has 2 aromatic rings. The number of hydrogen-bond donors (Lipinski definition) is 2. The summed E-state index contributed by atoms with van der Waals surface area (Å²) in [5.41, 5.74) is 4.58. The summed E-state index contributed by atoms with van der Waals surface area (Å²) in [7, 11) is 0. The van der Waals surface area contributed by atoms with Gasteiger partial charge < -0.3 is 20.3 Å². The zero-order chi connectivity index (χ0) is 20.4. The highest BCUT2D eigenvalue weighted by atomic mass is 16.5. The maximum absolute atomic E-state index is 12.5. The van der Waals surface area contributed by atoms with Crippen LogP contribution in [0.4, 0.5) is 5.69 Å². The van der Waals surface area contributed by atoms with Crippen LogP contribution in [0.2, 0.25) is 0 Å². The van der Waals surface area contributed by atoms with Crippen LogP contribution in [-0.2, 0) is 16.1 Å². The van der Waals surface area contributed by atoms with Crippen molar-refractivity contribution in [2.75, 3.05) is 31.5 Å². The Bertz CT molecular complexity index is 993. The number of ether oxygens (including phenoxy) is 1. The minimum Gasteiger partial charge on any atom is -0.487 e. The number of amides is 2. The molecule has 6 nitrogen and oxygen atoms in total. The number of carbonyl (C=O) groups is 2.